The Labute approximate surface area is 76.1 Å². The average Bonchev–Trinajstić information content (AvgIpc) is 1.85. The van der Waals surface area contributed by atoms with E-state index in [4.69, 9.17) is 0 Å². The van der Waals surface area contributed by atoms with Gasteiger partial charge in [-0.05, 0) is 31.0 Å². The number of rotatable bonds is 2. The minimum atomic E-state index is 0.972. The lowest BCUT2D eigenvalue weighted by Crippen LogP contribution is -1.83. The molecular formula is C10H11Br. The molecule has 0 radical (unpaired) electrons. The van der Waals surface area contributed by atoms with E-state index in [-0.39, 0.29) is 0 Å². The van der Waals surface area contributed by atoms with Crippen LogP contribution in [0.3, 0.4) is 0 Å². The summed E-state index contributed by atoms with van der Waals surface area (Å²) in [5, 5.41) is 0. The third-order valence-electron chi connectivity index (χ3n) is 1.39. The molecule has 0 fully saturated rings. The van der Waals surface area contributed by atoms with Gasteiger partial charge in [-0.3, -0.25) is 0 Å². The van der Waals surface area contributed by atoms with E-state index in [2.05, 4.69) is 34.6 Å². The first-order chi connectivity index (χ1) is 5.18. The molecule has 0 N–H and O–H groups in total. The van der Waals surface area contributed by atoms with Gasteiger partial charge in [-0.1, -0.05) is 40.2 Å². The Balaban J connectivity index is 2.79. The van der Waals surface area contributed by atoms with E-state index in [9.17, 15) is 0 Å². The van der Waals surface area contributed by atoms with Crippen molar-refractivity contribution in [3.05, 3.63) is 46.5 Å². The lowest BCUT2D eigenvalue weighted by Gasteiger charge is -1.99. The summed E-state index contributed by atoms with van der Waals surface area (Å²) in [6.07, 6.45) is 0.972. The van der Waals surface area contributed by atoms with Gasteiger partial charge in [0.1, 0.15) is 0 Å². The molecule has 0 aliphatic heterocycles. The fourth-order valence-corrected chi connectivity index (χ4v) is 1.44. The molecule has 11 heavy (non-hydrogen) atoms. The largest absolute Gasteiger partial charge is 0.0998 e. The smallest absolute Gasteiger partial charge is 0.0178 e. The van der Waals surface area contributed by atoms with Crippen molar-refractivity contribution in [2.75, 3.05) is 0 Å². The molecule has 0 saturated carbocycles. The van der Waals surface area contributed by atoms with Crippen molar-refractivity contribution in [2.24, 2.45) is 0 Å². The van der Waals surface area contributed by atoms with E-state index < -0.39 is 0 Å². The molecule has 1 aromatic carbocycles. The van der Waals surface area contributed by atoms with Gasteiger partial charge in [0.05, 0.1) is 0 Å². The van der Waals surface area contributed by atoms with E-state index in [0.29, 0.717) is 0 Å². The number of hydrogen-bond acceptors (Lipinski definition) is 0. The van der Waals surface area contributed by atoms with Gasteiger partial charge in [0.2, 0.25) is 0 Å². The van der Waals surface area contributed by atoms with Gasteiger partial charge in [-0.15, -0.1) is 0 Å². The normalized spacial score (nSPS) is 9.64. The Morgan fingerprint density at radius 3 is 2.82 bits per heavy atom. The van der Waals surface area contributed by atoms with Crippen LogP contribution in [-0.2, 0) is 6.42 Å². The highest BCUT2D eigenvalue weighted by atomic mass is 79.9. The average molecular weight is 211 g/mol. The molecular weight excluding hydrogens is 200 g/mol. The van der Waals surface area contributed by atoms with Crippen molar-refractivity contribution in [3.8, 4) is 0 Å². The van der Waals surface area contributed by atoms with Gasteiger partial charge < -0.3 is 0 Å². The number of allylic oxidation sites excluding steroid dienone is 1. The predicted molar refractivity (Wildman–Crippen MR) is 52.7 cm³/mol. The van der Waals surface area contributed by atoms with Crippen molar-refractivity contribution in [3.63, 3.8) is 0 Å². The van der Waals surface area contributed by atoms with E-state index in [1.807, 2.05) is 19.1 Å². The van der Waals surface area contributed by atoms with Crippen molar-refractivity contribution >= 4 is 15.9 Å². The Morgan fingerprint density at radius 2 is 2.27 bits per heavy atom. The molecule has 1 heteroatoms. The minimum Gasteiger partial charge on any atom is -0.0998 e. The van der Waals surface area contributed by atoms with Crippen LogP contribution in [0.5, 0.6) is 0 Å². The van der Waals surface area contributed by atoms with Crippen LogP contribution in [0.2, 0.25) is 0 Å². The summed E-state index contributed by atoms with van der Waals surface area (Å²) in [5.74, 6) is 0. The summed E-state index contributed by atoms with van der Waals surface area (Å²) in [5.41, 5.74) is 2.51. The fraction of sp³-hybridized carbons (Fsp3) is 0.200. The first kappa shape index (κ1) is 8.54. The van der Waals surface area contributed by atoms with Gasteiger partial charge in [0, 0.05) is 4.47 Å². The van der Waals surface area contributed by atoms with E-state index in [1.165, 1.54) is 11.1 Å². The van der Waals surface area contributed by atoms with E-state index in [1.54, 1.807) is 0 Å². The summed E-state index contributed by atoms with van der Waals surface area (Å²) in [4.78, 5) is 0. The van der Waals surface area contributed by atoms with Gasteiger partial charge >= 0.3 is 0 Å². The van der Waals surface area contributed by atoms with Crippen molar-refractivity contribution < 1.29 is 0 Å². The first-order valence-corrected chi connectivity index (χ1v) is 4.36. The second-order valence-corrected chi connectivity index (χ2v) is 3.68. The standard InChI is InChI=1S/C10H11Br/c1-8(2)6-9-4-3-5-10(11)7-9/h3-5,7H,1,6H2,2H3. The maximum absolute atomic E-state index is 3.86. The highest BCUT2D eigenvalue weighted by Crippen LogP contribution is 2.13. The second-order valence-electron chi connectivity index (χ2n) is 2.76. The third-order valence-corrected chi connectivity index (χ3v) is 1.89. The van der Waals surface area contributed by atoms with Crippen LogP contribution in [0.25, 0.3) is 0 Å². The van der Waals surface area contributed by atoms with Crippen molar-refractivity contribution in [2.45, 2.75) is 13.3 Å². The molecule has 0 amide bonds. The van der Waals surface area contributed by atoms with E-state index >= 15 is 0 Å². The number of halogens is 1. The molecule has 1 rings (SSSR count). The molecule has 0 bridgehead atoms. The predicted octanol–water partition coefficient (Wildman–Crippen LogP) is 3.57. The third kappa shape index (κ3) is 2.89. The van der Waals surface area contributed by atoms with E-state index in [0.717, 1.165) is 10.9 Å². The Bertz CT molecular complexity index is 263. The van der Waals surface area contributed by atoms with Crippen LogP contribution in [-0.4, -0.2) is 0 Å². The lowest BCUT2D eigenvalue weighted by atomic mass is 10.1. The zero-order chi connectivity index (χ0) is 8.27. The zero-order valence-electron chi connectivity index (χ0n) is 6.60. The maximum atomic E-state index is 3.86. The molecule has 0 aromatic heterocycles. The summed E-state index contributed by atoms with van der Waals surface area (Å²) in [6, 6.07) is 8.30. The van der Waals surface area contributed by atoms with Crippen LogP contribution in [0.1, 0.15) is 12.5 Å². The minimum absolute atomic E-state index is 0.972. The monoisotopic (exact) mass is 210 g/mol. The van der Waals surface area contributed by atoms with Gasteiger partial charge in [0.25, 0.3) is 0 Å². The molecule has 1 aromatic rings. The molecule has 0 aliphatic carbocycles. The van der Waals surface area contributed by atoms with Gasteiger partial charge in [0.15, 0.2) is 0 Å². The summed E-state index contributed by atoms with van der Waals surface area (Å²) in [7, 11) is 0. The van der Waals surface area contributed by atoms with Crippen LogP contribution in [0.15, 0.2) is 40.9 Å². The SMILES string of the molecule is C=C(C)Cc1cccc(Br)c1. The summed E-state index contributed by atoms with van der Waals surface area (Å²) >= 11 is 3.42. The quantitative estimate of drug-likeness (QED) is 0.656. The molecule has 0 heterocycles. The molecule has 0 atom stereocenters. The summed E-state index contributed by atoms with van der Waals surface area (Å²) in [6.45, 7) is 5.91. The Morgan fingerprint density at radius 1 is 1.55 bits per heavy atom. The Hall–Kier alpha value is -0.560. The lowest BCUT2D eigenvalue weighted by molar-refractivity contribution is 1.15. The van der Waals surface area contributed by atoms with Crippen molar-refractivity contribution in [1.29, 1.82) is 0 Å². The van der Waals surface area contributed by atoms with Crippen molar-refractivity contribution in [1.82, 2.24) is 0 Å². The van der Waals surface area contributed by atoms with Crippen LogP contribution in [0, 0.1) is 0 Å². The molecule has 0 saturated heterocycles. The maximum Gasteiger partial charge on any atom is 0.0178 e. The van der Waals surface area contributed by atoms with Crippen LogP contribution >= 0.6 is 15.9 Å². The molecule has 58 valence electrons. The van der Waals surface area contributed by atoms with Gasteiger partial charge in [-0.25, -0.2) is 0 Å². The first-order valence-electron chi connectivity index (χ1n) is 3.57. The molecule has 0 spiro atoms. The second kappa shape index (κ2) is 3.72. The summed E-state index contributed by atoms with van der Waals surface area (Å²) < 4.78 is 1.14. The molecule has 0 nitrogen and oxygen atoms in total. The zero-order valence-corrected chi connectivity index (χ0v) is 8.19. The van der Waals surface area contributed by atoms with Crippen LogP contribution < -0.4 is 0 Å². The van der Waals surface area contributed by atoms with Crippen LogP contribution in [0.4, 0.5) is 0 Å². The highest BCUT2D eigenvalue weighted by molar-refractivity contribution is 9.10. The molecule has 0 aliphatic rings. The Kier molecular flexibility index (Phi) is 2.89. The van der Waals surface area contributed by atoms with Gasteiger partial charge in [-0.2, -0.15) is 0 Å². The molecule has 0 unspecified atom stereocenters. The fourth-order valence-electron chi connectivity index (χ4n) is 0.995. The number of benzene rings is 1. The number of hydrogen-bond donors (Lipinski definition) is 0. The topological polar surface area (TPSA) is 0 Å². The highest BCUT2D eigenvalue weighted by Gasteiger charge is 1.92.